The molecule has 1 N–H and O–H groups in total. The second kappa shape index (κ2) is 6.81. The van der Waals surface area contributed by atoms with Gasteiger partial charge in [-0.05, 0) is 18.1 Å². The number of fused-ring (bicyclic) bond motifs is 1. The Morgan fingerprint density at radius 1 is 1.11 bits per heavy atom. The fourth-order valence-corrected chi connectivity index (χ4v) is 4.04. The van der Waals surface area contributed by atoms with Crippen LogP contribution in [0.25, 0.3) is 21.3 Å². The smallest absolute Gasteiger partial charge is 0.331 e. The first-order valence-electron chi connectivity index (χ1n) is 8.39. The van der Waals surface area contributed by atoms with Crippen molar-refractivity contribution in [1.29, 1.82) is 0 Å². The van der Waals surface area contributed by atoms with E-state index in [1.165, 1.54) is 22.2 Å². The van der Waals surface area contributed by atoms with Crippen LogP contribution in [0.4, 0.5) is 0 Å². The molecule has 0 aliphatic carbocycles. The van der Waals surface area contributed by atoms with Crippen LogP contribution in [-0.4, -0.2) is 20.6 Å². The second-order valence-corrected chi connectivity index (χ2v) is 7.16. The van der Waals surface area contributed by atoms with Gasteiger partial charge >= 0.3 is 5.97 Å². The van der Waals surface area contributed by atoms with Crippen LogP contribution in [0.2, 0.25) is 0 Å². The monoisotopic (exact) mass is 376 g/mol. The predicted molar refractivity (Wildman–Crippen MR) is 106 cm³/mol. The van der Waals surface area contributed by atoms with E-state index in [9.17, 15) is 14.7 Å². The Bertz CT molecular complexity index is 1180. The molecule has 0 radical (unpaired) electrons. The molecule has 0 saturated heterocycles. The summed E-state index contributed by atoms with van der Waals surface area (Å²) in [6.45, 7) is 2.00. The molecule has 0 aliphatic heterocycles. The summed E-state index contributed by atoms with van der Waals surface area (Å²) in [6, 6.07) is 15.5. The van der Waals surface area contributed by atoms with Gasteiger partial charge in [-0.25, -0.2) is 9.78 Å². The van der Waals surface area contributed by atoms with Crippen LogP contribution in [0.5, 0.6) is 0 Å². The maximum Gasteiger partial charge on any atom is 0.331 e. The maximum absolute atomic E-state index is 13.2. The number of aryl methyl sites for hydroxylation is 1. The van der Waals surface area contributed by atoms with Crippen LogP contribution in [0.1, 0.15) is 17.2 Å². The third-order valence-electron chi connectivity index (χ3n) is 4.51. The van der Waals surface area contributed by atoms with Crippen molar-refractivity contribution in [3.8, 4) is 11.1 Å². The van der Waals surface area contributed by atoms with Gasteiger partial charge in [0, 0.05) is 10.9 Å². The van der Waals surface area contributed by atoms with Crippen LogP contribution >= 0.6 is 11.3 Å². The third kappa shape index (κ3) is 3.04. The number of hydrogen-bond donors (Lipinski definition) is 1. The molecular weight excluding hydrogens is 360 g/mol. The van der Waals surface area contributed by atoms with E-state index in [0.29, 0.717) is 15.8 Å². The molecule has 27 heavy (non-hydrogen) atoms. The van der Waals surface area contributed by atoms with Gasteiger partial charge in [0.15, 0.2) is 6.04 Å². The fourth-order valence-electron chi connectivity index (χ4n) is 3.13. The van der Waals surface area contributed by atoms with Crippen molar-refractivity contribution in [2.24, 2.45) is 0 Å². The summed E-state index contributed by atoms with van der Waals surface area (Å²) in [5.74, 6) is -1.10. The molecule has 0 fully saturated rings. The average Bonchev–Trinajstić information content (AvgIpc) is 3.10. The van der Waals surface area contributed by atoms with E-state index < -0.39 is 12.0 Å². The quantitative estimate of drug-likeness (QED) is 0.582. The summed E-state index contributed by atoms with van der Waals surface area (Å²) in [5, 5.41) is 12.1. The number of carboxylic acid groups (broad SMARTS) is 1. The Balaban J connectivity index is 1.94. The van der Waals surface area contributed by atoms with Crippen LogP contribution in [0, 0.1) is 6.92 Å². The summed E-state index contributed by atoms with van der Waals surface area (Å²) >= 11 is 1.38. The Morgan fingerprint density at radius 3 is 2.48 bits per heavy atom. The standard InChI is InChI=1S/C21H16N2O3S/c1-13-7-9-14(10-8-13)16-11-27-19-17(16)20(24)23(12-22-19)18(21(25)26)15-5-3-2-4-6-15/h2-12,18H,1H3,(H,25,26). The summed E-state index contributed by atoms with van der Waals surface area (Å²) in [7, 11) is 0. The maximum atomic E-state index is 13.2. The molecule has 2 aromatic heterocycles. The van der Waals surface area contributed by atoms with Gasteiger partial charge in [-0.3, -0.25) is 9.36 Å². The van der Waals surface area contributed by atoms with Crippen LogP contribution in [0.15, 0.2) is 71.1 Å². The minimum absolute atomic E-state index is 0.354. The number of aromatic nitrogens is 2. The zero-order valence-corrected chi connectivity index (χ0v) is 15.3. The summed E-state index contributed by atoms with van der Waals surface area (Å²) in [6.07, 6.45) is 1.33. The molecule has 0 spiro atoms. The fraction of sp³-hybridized carbons (Fsp3) is 0.0952. The number of carbonyl (C=O) groups is 1. The van der Waals surface area contributed by atoms with Crippen molar-refractivity contribution in [1.82, 2.24) is 9.55 Å². The molecule has 6 heteroatoms. The van der Waals surface area contributed by atoms with Gasteiger partial charge in [-0.15, -0.1) is 11.3 Å². The van der Waals surface area contributed by atoms with Crippen LogP contribution in [0.3, 0.4) is 0 Å². The molecular formula is C21H16N2O3S. The average molecular weight is 376 g/mol. The Kier molecular flexibility index (Phi) is 4.33. The van der Waals surface area contributed by atoms with Gasteiger partial charge in [0.05, 0.1) is 5.39 Å². The lowest BCUT2D eigenvalue weighted by molar-refractivity contribution is -0.139. The first-order valence-corrected chi connectivity index (χ1v) is 9.27. The topological polar surface area (TPSA) is 72.2 Å². The third-order valence-corrected chi connectivity index (χ3v) is 5.40. The van der Waals surface area contributed by atoms with Gasteiger partial charge in [0.1, 0.15) is 11.2 Å². The minimum atomic E-state index is -1.12. The highest BCUT2D eigenvalue weighted by atomic mass is 32.1. The molecule has 0 bridgehead atoms. The minimum Gasteiger partial charge on any atom is -0.479 e. The Labute approximate surface area is 159 Å². The molecule has 134 valence electrons. The lowest BCUT2D eigenvalue weighted by Crippen LogP contribution is -2.30. The SMILES string of the molecule is Cc1ccc(-c2csc3ncn(C(C(=O)O)c4ccccc4)c(=O)c23)cc1. The number of carboxylic acids is 1. The van der Waals surface area contributed by atoms with Crippen molar-refractivity contribution in [2.45, 2.75) is 13.0 Å². The van der Waals surface area contributed by atoms with Crippen LogP contribution in [-0.2, 0) is 4.79 Å². The van der Waals surface area contributed by atoms with Crippen molar-refractivity contribution >= 4 is 27.5 Å². The Hall–Kier alpha value is -3.25. The molecule has 0 saturated carbocycles. The molecule has 1 atom stereocenters. The number of nitrogens with zero attached hydrogens (tertiary/aromatic N) is 2. The second-order valence-electron chi connectivity index (χ2n) is 6.30. The molecule has 4 rings (SSSR count). The van der Waals surface area contributed by atoms with E-state index in [4.69, 9.17) is 0 Å². The van der Waals surface area contributed by atoms with Crippen molar-refractivity contribution in [3.63, 3.8) is 0 Å². The van der Waals surface area contributed by atoms with Crippen molar-refractivity contribution in [3.05, 3.63) is 87.8 Å². The number of thiophene rings is 1. The lowest BCUT2D eigenvalue weighted by atomic mass is 10.0. The normalized spacial score (nSPS) is 12.2. The van der Waals surface area contributed by atoms with E-state index in [-0.39, 0.29) is 5.56 Å². The summed E-state index contributed by atoms with van der Waals surface area (Å²) < 4.78 is 1.20. The first-order chi connectivity index (χ1) is 13.1. The lowest BCUT2D eigenvalue weighted by Gasteiger charge is -2.15. The highest BCUT2D eigenvalue weighted by Gasteiger charge is 2.25. The van der Waals surface area contributed by atoms with Crippen LogP contribution < -0.4 is 5.56 Å². The van der Waals surface area contributed by atoms with Gasteiger partial charge in [-0.2, -0.15) is 0 Å². The summed E-state index contributed by atoms with van der Waals surface area (Å²) in [5.41, 5.74) is 2.99. The zero-order valence-electron chi connectivity index (χ0n) is 14.5. The molecule has 1 unspecified atom stereocenters. The predicted octanol–water partition coefficient (Wildman–Crippen LogP) is 4.11. The molecule has 2 heterocycles. The molecule has 5 nitrogen and oxygen atoms in total. The van der Waals surface area contributed by atoms with Crippen molar-refractivity contribution in [2.75, 3.05) is 0 Å². The van der Waals surface area contributed by atoms with Gasteiger partial charge in [0.2, 0.25) is 0 Å². The van der Waals surface area contributed by atoms with E-state index in [0.717, 1.165) is 16.7 Å². The highest BCUT2D eigenvalue weighted by Crippen LogP contribution is 2.31. The largest absolute Gasteiger partial charge is 0.479 e. The number of rotatable bonds is 4. The summed E-state index contributed by atoms with van der Waals surface area (Å²) in [4.78, 5) is 30.1. The number of benzene rings is 2. The highest BCUT2D eigenvalue weighted by molar-refractivity contribution is 7.17. The van der Waals surface area contributed by atoms with E-state index >= 15 is 0 Å². The molecule has 4 aromatic rings. The van der Waals surface area contributed by atoms with E-state index in [2.05, 4.69) is 4.98 Å². The van der Waals surface area contributed by atoms with Gasteiger partial charge in [-0.1, -0.05) is 60.2 Å². The van der Waals surface area contributed by atoms with Gasteiger partial charge < -0.3 is 5.11 Å². The number of hydrogen-bond acceptors (Lipinski definition) is 4. The van der Waals surface area contributed by atoms with Gasteiger partial charge in [0.25, 0.3) is 5.56 Å². The molecule has 2 aromatic carbocycles. The molecule has 0 amide bonds. The van der Waals surface area contributed by atoms with E-state index in [1.807, 2.05) is 36.6 Å². The first kappa shape index (κ1) is 17.2. The molecule has 0 aliphatic rings. The van der Waals surface area contributed by atoms with Crippen molar-refractivity contribution < 1.29 is 9.90 Å². The number of aliphatic carboxylic acids is 1. The zero-order chi connectivity index (χ0) is 19.0. The van der Waals surface area contributed by atoms with E-state index in [1.54, 1.807) is 30.3 Å². The Morgan fingerprint density at radius 2 is 1.81 bits per heavy atom.